The smallest absolute Gasteiger partial charge is 0.274 e. The second-order valence-corrected chi connectivity index (χ2v) is 6.89. The van der Waals surface area contributed by atoms with Crippen LogP contribution in [0.25, 0.3) is 0 Å². The number of hydrogen-bond donors (Lipinski definition) is 2. The van der Waals surface area contributed by atoms with Crippen molar-refractivity contribution in [1.29, 1.82) is 0 Å². The average Bonchev–Trinajstić information content (AvgIpc) is 2.79. The SMILES string of the molecule is C[C@H]1COc2cc(C(=O)NO)ccc2CN1C(=O)[C@]1(C)CCCCO1. The molecule has 0 spiro atoms. The summed E-state index contributed by atoms with van der Waals surface area (Å²) in [5.74, 6) is -0.0639. The molecule has 2 heterocycles. The van der Waals surface area contributed by atoms with Crippen LogP contribution in [0.5, 0.6) is 5.75 Å². The maximum Gasteiger partial charge on any atom is 0.274 e. The molecule has 1 aromatic rings. The van der Waals surface area contributed by atoms with Crippen molar-refractivity contribution in [2.75, 3.05) is 13.2 Å². The molecule has 2 aliphatic rings. The molecule has 0 aliphatic carbocycles. The van der Waals surface area contributed by atoms with E-state index in [9.17, 15) is 9.59 Å². The van der Waals surface area contributed by atoms with Gasteiger partial charge >= 0.3 is 0 Å². The molecule has 3 rings (SSSR count). The highest BCUT2D eigenvalue weighted by Gasteiger charge is 2.41. The van der Waals surface area contributed by atoms with Gasteiger partial charge in [0.2, 0.25) is 0 Å². The van der Waals surface area contributed by atoms with E-state index < -0.39 is 11.5 Å². The zero-order chi connectivity index (χ0) is 18.0. The second kappa shape index (κ2) is 7.01. The minimum atomic E-state index is -0.784. The fourth-order valence-electron chi connectivity index (χ4n) is 3.34. The van der Waals surface area contributed by atoms with Gasteiger partial charge in [-0.1, -0.05) is 6.07 Å². The topological polar surface area (TPSA) is 88.1 Å². The van der Waals surface area contributed by atoms with Crippen molar-refractivity contribution in [2.45, 2.75) is 51.3 Å². The quantitative estimate of drug-likeness (QED) is 0.629. The van der Waals surface area contributed by atoms with Crippen LogP contribution in [0, 0.1) is 0 Å². The number of carbonyl (C=O) groups excluding carboxylic acids is 2. The van der Waals surface area contributed by atoms with E-state index in [1.54, 1.807) is 28.6 Å². The van der Waals surface area contributed by atoms with Gasteiger partial charge in [0, 0.05) is 24.3 Å². The largest absolute Gasteiger partial charge is 0.491 e. The van der Waals surface area contributed by atoms with E-state index in [-0.39, 0.29) is 11.9 Å². The summed E-state index contributed by atoms with van der Waals surface area (Å²) in [6.45, 7) is 5.14. The number of hydroxylamine groups is 1. The molecule has 1 saturated heterocycles. The van der Waals surface area contributed by atoms with Crippen molar-refractivity contribution >= 4 is 11.8 Å². The van der Waals surface area contributed by atoms with Crippen LogP contribution in [0.1, 0.15) is 49.0 Å². The lowest BCUT2D eigenvalue weighted by Gasteiger charge is -2.38. The highest BCUT2D eigenvalue weighted by atomic mass is 16.5. The Labute approximate surface area is 146 Å². The predicted molar refractivity (Wildman–Crippen MR) is 89.4 cm³/mol. The summed E-state index contributed by atoms with van der Waals surface area (Å²) in [5.41, 5.74) is 1.96. The second-order valence-electron chi connectivity index (χ2n) is 6.89. The third kappa shape index (κ3) is 3.48. The minimum Gasteiger partial charge on any atom is -0.491 e. The molecule has 7 nitrogen and oxygen atoms in total. The number of carbonyl (C=O) groups is 2. The molecule has 2 aliphatic heterocycles. The highest BCUT2D eigenvalue weighted by molar-refractivity contribution is 5.94. The van der Waals surface area contributed by atoms with E-state index in [4.69, 9.17) is 14.7 Å². The van der Waals surface area contributed by atoms with Crippen LogP contribution in [0.3, 0.4) is 0 Å². The van der Waals surface area contributed by atoms with Gasteiger partial charge in [-0.05, 0) is 45.2 Å². The Bertz CT molecular complexity index is 669. The number of hydrogen-bond acceptors (Lipinski definition) is 5. The van der Waals surface area contributed by atoms with Gasteiger partial charge in [0.1, 0.15) is 18.0 Å². The van der Waals surface area contributed by atoms with Crippen LogP contribution in [-0.4, -0.2) is 46.8 Å². The lowest BCUT2D eigenvalue weighted by Crippen LogP contribution is -2.53. The first kappa shape index (κ1) is 17.7. The third-order valence-corrected chi connectivity index (χ3v) is 4.97. The summed E-state index contributed by atoms with van der Waals surface area (Å²) < 4.78 is 11.6. The minimum absolute atomic E-state index is 0.0201. The van der Waals surface area contributed by atoms with Gasteiger partial charge in [0.25, 0.3) is 11.8 Å². The Morgan fingerprint density at radius 2 is 2.16 bits per heavy atom. The first-order valence-corrected chi connectivity index (χ1v) is 8.60. The maximum absolute atomic E-state index is 13.1. The molecular formula is C18H24N2O5. The van der Waals surface area contributed by atoms with Gasteiger partial charge in [-0.2, -0.15) is 0 Å². The summed E-state index contributed by atoms with van der Waals surface area (Å²) >= 11 is 0. The molecule has 0 aromatic heterocycles. The Balaban J connectivity index is 1.85. The first-order chi connectivity index (χ1) is 11.9. The van der Waals surface area contributed by atoms with Crippen molar-refractivity contribution in [2.24, 2.45) is 0 Å². The van der Waals surface area contributed by atoms with E-state index in [0.717, 1.165) is 24.8 Å². The van der Waals surface area contributed by atoms with E-state index in [1.165, 1.54) is 0 Å². The van der Waals surface area contributed by atoms with E-state index in [0.29, 0.717) is 31.1 Å². The first-order valence-electron chi connectivity index (χ1n) is 8.60. The molecule has 2 atom stereocenters. The number of ether oxygens (including phenoxy) is 2. The van der Waals surface area contributed by atoms with Crippen LogP contribution in [0.4, 0.5) is 0 Å². The highest BCUT2D eigenvalue weighted by Crippen LogP contribution is 2.31. The fourth-order valence-corrected chi connectivity index (χ4v) is 3.34. The predicted octanol–water partition coefficient (Wildman–Crippen LogP) is 1.87. The van der Waals surface area contributed by atoms with Crippen molar-refractivity contribution in [3.8, 4) is 5.75 Å². The standard InChI is InChI=1S/C18H24N2O5/c1-12-11-24-15-9-13(16(21)19-23)5-6-14(15)10-20(12)17(22)18(2)7-3-4-8-25-18/h5-6,9,12,23H,3-4,7-8,10-11H2,1-2H3,(H,19,21)/t12-,18-/m0/s1. The van der Waals surface area contributed by atoms with Gasteiger partial charge < -0.3 is 14.4 Å². The number of benzene rings is 1. The summed E-state index contributed by atoms with van der Waals surface area (Å²) in [6.07, 6.45) is 2.69. The molecule has 25 heavy (non-hydrogen) atoms. The molecule has 7 heteroatoms. The van der Waals surface area contributed by atoms with Gasteiger partial charge in [-0.25, -0.2) is 5.48 Å². The molecule has 2 amide bonds. The summed E-state index contributed by atoms with van der Waals surface area (Å²) in [5, 5.41) is 8.77. The van der Waals surface area contributed by atoms with Crippen LogP contribution < -0.4 is 10.2 Å². The Morgan fingerprint density at radius 1 is 1.36 bits per heavy atom. The molecule has 0 saturated carbocycles. The maximum atomic E-state index is 13.1. The normalized spacial score (nSPS) is 26.2. The van der Waals surface area contributed by atoms with Crippen LogP contribution in [0.2, 0.25) is 0 Å². The number of nitrogens with zero attached hydrogens (tertiary/aromatic N) is 1. The number of fused-ring (bicyclic) bond motifs is 1. The summed E-state index contributed by atoms with van der Waals surface area (Å²) in [6, 6.07) is 4.82. The Kier molecular flexibility index (Phi) is 4.96. The lowest BCUT2D eigenvalue weighted by molar-refractivity contribution is -0.165. The van der Waals surface area contributed by atoms with E-state index in [1.807, 2.05) is 13.8 Å². The average molecular weight is 348 g/mol. The number of rotatable bonds is 2. The molecule has 0 bridgehead atoms. The molecule has 136 valence electrons. The molecule has 0 unspecified atom stereocenters. The zero-order valence-electron chi connectivity index (χ0n) is 14.6. The number of nitrogens with one attached hydrogen (secondary N) is 1. The van der Waals surface area contributed by atoms with Gasteiger partial charge in [0.15, 0.2) is 0 Å². The lowest BCUT2D eigenvalue weighted by atomic mass is 9.93. The molecular weight excluding hydrogens is 324 g/mol. The molecule has 1 aromatic carbocycles. The molecule has 1 fully saturated rings. The van der Waals surface area contributed by atoms with Gasteiger partial charge in [-0.3, -0.25) is 14.8 Å². The molecule has 2 N–H and O–H groups in total. The van der Waals surface area contributed by atoms with Crippen molar-refractivity contribution in [1.82, 2.24) is 10.4 Å². The van der Waals surface area contributed by atoms with E-state index in [2.05, 4.69) is 0 Å². The zero-order valence-corrected chi connectivity index (χ0v) is 14.6. The summed E-state index contributed by atoms with van der Waals surface area (Å²) in [7, 11) is 0. The van der Waals surface area contributed by atoms with Gasteiger partial charge in [0.05, 0.1) is 6.04 Å². The van der Waals surface area contributed by atoms with Crippen LogP contribution >= 0.6 is 0 Å². The third-order valence-electron chi connectivity index (χ3n) is 4.97. The van der Waals surface area contributed by atoms with Crippen molar-refractivity contribution in [3.63, 3.8) is 0 Å². The van der Waals surface area contributed by atoms with Gasteiger partial charge in [-0.15, -0.1) is 0 Å². The van der Waals surface area contributed by atoms with Crippen LogP contribution in [-0.2, 0) is 16.1 Å². The summed E-state index contributed by atoms with van der Waals surface area (Å²) in [4.78, 5) is 26.5. The Morgan fingerprint density at radius 3 is 2.84 bits per heavy atom. The number of amides is 2. The monoisotopic (exact) mass is 348 g/mol. The van der Waals surface area contributed by atoms with Crippen LogP contribution in [0.15, 0.2) is 18.2 Å². The van der Waals surface area contributed by atoms with Crippen molar-refractivity contribution in [3.05, 3.63) is 29.3 Å². The Hall–Kier alpha value is -2.12. The molecule has 0 radical (unpaired) electrons. The van der Waals surface area contributed by atoms with E-state index >= 15 is 0 Å². The van der Waals surface area contributed by atoms with Crippen molar-refractivity contribution < 1.29 is 24.3 Å². The fraction of sp³-hybridized carbons (Fsp3) is 0.556.